The highest BCUT2D eigenvalue weighted by molar-refractivity contribution is 6.31. The third kappa shape index (κ3) is 4.65. The van der Waals surface area contributed by atoms with Gasteiger partial charge in [0.25, 0.3) is 11.8 Å². The first-order valence-electron chi connectivity index (χ1n) is 8.18. The van der Waals surface area contributed by atoms with E-state index in [4.69, 9.17) is 16.3 Å². The largest absolute Gasteiger partial charge is 0.497 e. The molecule has 5 nitrogen and oxygen atoms in total. The standard InChI is InChI=1S/C21H17ClN2O3/c1-27-17-9-4-6-14(12-17)20(25)24-19-11-3-2-10-18(19)21(26)23-16-8-5-7-15(22)13-16/h2-13H,1H3,(H,23,26)(H,24,25). The van der Waals surface area contributed by atoms with E-state index in [0.717, 1.165) is 0 Å². The maximum absolute atomic E-state index is 12.6. The van der Waals surface area contributed by atoms with E-state index in [9.17, 15) is 9.59 Å². The minimum atomic E-state index is -0.348. The van der Waals surface area contributed by atoms with Crippen LogP contribution in [0.15, 0.2) is 72.8 Å². The van der Waals surface area contributed by atoms with Crippen molar-refractivity contribution >= 4 is 34.8 Å². The maximum atomic E-state index is 12.6. The zero-order valence-electron chi connectivity index (χ0n) is 14.5. The molecule has 0 fully saturated rings. The molecule has 0 aliphatic carbocycles. The number of amides is 2. The van der Waals surface area contributed by atoms with Gasteiger partial charge in [-0.2, -0.15) is 0 Å². The van der Waals surface area contributed by atoms with Crippen LogP contribution >= 0.6 is 11.6 Å². The minimum absolute atomic E-state index is 0.336. The molecule has 0 atom stereocenters. The van der Waals surface area contributed by atoms with Crippen LogP contribution in [0.4, 0.5) is 11.4 Å². The summed E-state index contributed by atoms with van der Waals surface area (Å²) in [6, 6.07) is 20.4. The Hall–Kier alpha value is -3.31. The van der Waals surface area contributed by atoms with Crippen LogP contribution in [0, 0.1) is 0 Å². The van der Waals surface area contributed by atoms with Gasteiger partial charge < -0.3 is 15.4 Å². The molecule has 0 saturated carbocycles. The van der Waals surface area contributed by atoms with Crippen molar-refractivity contribution in [1.82, 2.24) is 0 Å². The van der Waals surface area contributed by atoms with Gasteiger partial charge in [0, 0.05) is 16.3 Å². The molecule has 0 spiro atoms. The van der Waals surface area contributed by atoms with Gasteiger partial charge in [-0.15, -0.1) is 0 Å². The minimum Gasteiger partial charge on any atom is -0.497 e. The summed E-state index contributed by atoms with van der Waals surface area (Å²) >= 11 is 5.95. The summed E-state index contributed by atoms with van der Waals surface area (Å²) in [6.07, 6.45) is 0. The lowest BCUT2D eigenvalue weighted by molar-refractivity contribution is 0.102. The number of rotatable bonds is 5. The lowest BCUT2D eigenvalue weighted by Crippen LogP contribution is -2.18. The number of anilines is 2. The quantitative estimate of drug-likeness (QED) is 0.664. The molecule has 0 bridgehead atoms. The number of hydrogen-bond donors (Lipinski definition) is 2. The van der Waals surface area contributed by atoms with Crippen LogP contribution in [0.2, 0.25) is 5.02 Å². The Balaban J connectivity index is 1.81. The monoisotopic (exact) mass is 380 g/mol. The molecule has 6 heteroatoms. The van der Waals surface area contributed by atoms with Gasteiger partial charge in [0.05, 0.1) is 18.4 Å². The van der Waals surface area contributed by atoms with Crippen LogP contribution in [0.1, 0.15) is 20.7 Å². The van der Waals surface area contributed by atoms with E-state index in [2.05, 4.69) is 10.6 Å². The summed E-state index contributed by atoms with van der Waals surface area (Å²) in [5.74, 6) is -0.106. The van der Waals surface area contributed by atoms with Gasteiger partial charge in [0.1, 0.15) is 5.75 Å². The Kier molecular flexibility index (Phi) is 5.74. The molecule has 2 N–H and O–H groups in total. The Morgan fingerprint density at radius 2 is 1.63 bits per heavy atom. The predicted octanol–water partition coefficient (Wildman–Crippen LogP) is 4.85. The summed E-state index contributed by atoms with van der Waals surface area (Å²) in [5.41, 5.74) is 1.75. The third-order valence-electron chi connectivity index (χ3n) is 3.83. The molecule has 0 aromatic heterocycles. The average Bonchev–Trinajstić information content (AvgIpc) is 2.68. The average molecular weight is 381 g/mol. The molecular formula is C21H17ClN2O3. The lowest BCUT2D eigenvalue weighted by atomic mass is 10.1. The van der Waals surface area contributed by atoms with E-state index in [-0.39, 0.29) is 11.8 Å². The second kappa shape index (κ2) is 8.38. The van der Waals surface area contributed by atoms with Crippen molar-refractivity contribution in [2.45, 2.75) is 0 Å². The highest BCUT2D eigenvalue weighted by Gasteiger charge is 2.15. The van der Waals surface area contributed by atoms with Crippen molar-refractivity contribution < 1.29 is 14.3 Å². The molecule has 0 heterocycles. The van der Waals surface area contributed by atoms with E-state index >= 15 is 0 Å². The molecule has 0 saturated heterocycles. The van der Waals surface area contributed by atoms with Crippen molar-refractivity contribution in [3.8, 4) is 5.75 Å². The van der Waals surface area contributed by atoms with Crippen molar-refractivity contribution in [2.24, 2.45) is 0 Å². The second-order valence-electron chi connectivity index (χ2n) is 5.70. The Labute approximate surface area is 161 Å². The normalized spacial score (nSPS) is 10.1. The highest BCUT2D eigenvalue weighted by atomic mass is 35.5. The summed E-state index contributed by atoms with van der Waals surface area (Å²) < 4.78 is 5.14. The molecule has 27 heavy (non-hydrogen) atoms. The zero-order valence-corrected chi connectivity index (χ0v) is 15.3. The molecule has 0 aliphatic rings. The number of ether oxygens (including phenoxy) is 1. The zero-order chi connectivity index (χ0) is 19.2. The van der Waals surface area contributed by atoms with Crippen molar-refractivity contribution in [3.63, 3.8) is 0 Å². The molecule has 3 aromatic rings. The summed E-state index contributed by atoms with van der Waals surface area (Å²) in [5, 5.41) is 6.07. The molecule has 3 aromatic carbocycles. The van der Waals surface area contributed by atoms with Crippen LogP contribution in [-0.2, 0) is 0 Å². The first-order valence-corrected chi connectivity index (χ1v) is 8.56. The smallest absolute Gasteiger partial charge is 0.257 e. The third-order valence-corrected chi connectivity index (χ3v) is 4.07. The van der Waals surface area contributed by atoms with Crippen LogP contribution < -0.4 is 15.4 Å². The summed E-state index contributed by atoms with van der Waals surface area (Å²) in [7, 11) is 1.53. The van der Waals surface area contributed by atoms with Crippen LogP contribution in [-0.4, -0.2) is 18.9 Å². The molecule has 0 aliphatic heterocycles. The van der Waals surface area contributed by atoms with Gasteiger partial charge in [0.15, 0.2) is 0 Å². The number of benzene rings is 3. The molecule has 0 radical (unpaired) electrons. The van der Waals surface area contributed by atoms with E-state index in [1.165, 1.54) is 7.11 Å². The molecule has 2 amide bonds. The molecular weight excluding hydrogens is 364 g/mol. The van der Waals surface area contributed by atoms with Crippen molar-refractivity contribution in [3.05, 3.63) is 88.9 Å². The number of para-hydroxylation sites is 1. The van der Waals surface area contributed by atoms with Gasteiger partial charge in [-0.1, -0.05) is 35.9 Å². The van der Waals surface area contributed by atoms with Crippen LogP contribution in [0.3, 0.4) is 0 Å². The lowest BCUT2D eigenvalue weighted by Gasteiger charge is -2.12. The van der Waals surface area contributed by atoms with Crippen LogP contribution in [0.25, 0.3) is 0 Å². The fraction of sp³-hybridized carbons (Fsp3) is 0.0476. The molecule has 0 unspecified atom stereocenters. The van der Waals surface area contributed by atoms with E-state index in [0.29, 0.717) is 33.3 Å². The van der Waals surface area contributed by atoms with E-state index in [1.807, 2.05) is 0 Å². The predicted molar refractivity (Wildman–Crippen MR) is 107 cm³/mol. The summed E-state index contributed by atoms with van der Waals surface area (Å²) in [4.78, 5) is 25.2. The number of halogens is 1. The molecule has 136 valence electrons. The Morgan fingerprint density at radius 1 is 0.852 bits per heavy atom. The fourth-order valence-electron chi connectivity index (χ4n) is 2.51. The second-order valence-corrected chi connectivity index (χ2v) is 6.13. The van der Waals surface area contributed by atoms with Gasteiger partial charge in [-0.05, 0) is 48.5 Å². The van der Waals surface area contributed by atoms with Gasteiger partial charge >= 0.3 is 0 Å². The van der Waals surface area contributed by atoms with Gasteiger partial charge in [-0.3, -0.25) is 9.59 Å². The van der Waals surface area contributed by atoms with E-state index in [1.54, 1.807) is 72.8 Å². The van der Waals surface area contributed by atoms with E-state index < -0.39 is 0 Å². The van der Waals surface area contributed by atoms with Gasteiger partial charge in [-0.25, -0.2) is 0 Å². The number of nitrogens with one attached hydrogen (secondary N) is 2. The summed E-state index contributed by atoms with van der Waals surface area (Å²) in [6.45, 7) is 0. The fourth-order valence-corrected chi connectivity index (χ4v) is 2.70. The number of methoxy groups -OCH3 is 1. The first kappa shape index (κ1) is 18.5. The topological polar surface area (TPSA) is 67.4 Å². The number of hydrogen-bond acceptors (Lipinski definition) is 3. The molecule has 3 rings (SSSR count). The van der Waals surface area contributed by atoms with Crippen LogP contribution in [0.5, 0.6) is 5.75 Å². The Morgan fingerprint density at radius 3 is 2.41 bits per heavy atom. The number of carbonyl (C=O) groups excluding carboxylic acids is 2. The van der Waals surface area contributed by atoms with Crippen molar-refractivity contribution in [1.29, 1.82) is 0 Å². The highest BCUT2D eigenvalue weighted by Crippen LogP contribution is 2.21. The first-order chi connectivity index (χ1) is 13.1. The van der Waals surface area contributed by atoms with Gasteiger partial charge in [0.2, 0.25) is 0 Å². The SMILES string of the molecule is COc1cccc(C(=O)Nc2ccccc2C(=O)Nc2cccc(Cl)c2)c1. The Bertz CT molecular complexity index is 988. The maximum Gasteiger partial charge on any atom is 0.257 e. The van der Waals surface area contributed by atoms with Crippen molar-refractivity contribution in [2.75, 3.05) is 17.7 Å². The number of carbonyl (C=O) groups is 2.